The first kappa shape index (κ1) is 13.9. The Morgan fingerprint density at radius 2 is 1.85 bits per heavy atom. The number of carbonyl (C=O) groups is 1. The average Bonchev–Trinajstić information content (AvgIpc) is 2.42. The van der Waals surface area contributed by atoms with Gasteiger partial charge in [-0.2, -0.15) is 0 Å². The van der Waals surface area contributed by atoms with E-state index >= 15 is 0 Å². The standard InChI is InChI=1S/C15H16N2O3/c1-8-9(2)14(16-10(3)13(8)19)17-15(20)11-5-4-6-12(18)7-11/h4-7,18-19H,1-3H3,(H,16,17,20). The maximum Gasteiger partial charge on any atom is 0.256 e. The molecule has 5 nitrogen and oxygen atoms in total. The highest BCUT2D eigenvalue weighted by Gasteiger charge is 2.14. The molecule has 1 amide bonds. The van der Waals surface area contributed by atoms with Gasteiger partial charge in [0.05, 0.1) is 5.69 Å². The first-order valence-electron chi connectivity index (χ1n) is 6.17. The smallest absolute Gasteiger partial charge is 0.256 e. The number of pyridine rings is 1. The van der Waals surface area contributed by atoms with Gasteiger partial charge in [-0.05, 0) is 50.1 Å². The summed E-state index contributed by atoms with van der Waals surface area (Å²) in [5.41, 5.74) is 2.19. The number of hydrogen-bond donors (Lipinski definition) is 3. The van der Waals surface area contributed by atoms with E-state index in [1.54, 1.807) is 32.9 Å². The van der Waals surface area contributed by atoms with E-state index < -0.39 is 0 Å². The minimum atomic E-state index is -0.360. The zero-order chi connectivity index (χ0) is 14.9. The topological polar surface area (TPSA) is 82.5 Å². The molecule has 2 aromatic rings. The van der Waals surface area contributed by atoms with Crippen LogP contribution < -0.4 is 5.32 Å². The maximum absolute atomic E-state index is 12.1. The number of aromatic nitrogens is 1. The summed E-state index contributed by atoms with van der Waals surface area (Å²) in [5, 5.41) is 21.9. The van der Waals surface area contributed by atoms with E-state index in [9.17, 15) is 15.0 Å². The lowest BCUT2D eigenvalue weighted by molar-refractivity contribution is 0.102. The van der Waals surface area contributed by atoms with Gasteiger partial charge in [-0.3, -0.25) is 4.79 Å². The molecule has 0 atom stereocenters. The van der Waals surface area contributed by atoms with Crippen LogP contribution in [0.3, 0.4) is 0 Å². The number of carbonyl (C=O) groups excluding carboxylic acids is 1. The molecule has 5 heteroatoms. The minimum Gasteiger partial charge on any atom is -0.508 e. The fourth-order valence-corrected chi connectivity index (χ4v) is 1.88. The first-order valence-corrected chi connectivity index (χ1v) is 6.17. The second-order valence-electron chi connectivity index (χ2n) is 4.65. The molecule has 0 bridgehead atoms. The number of amides is 1. The van der Waals surface area contributed by atoms with Crippen molar-refractivity contribution in [3.63, 3.8) is 0 Å². The van der Waals surface area contributed by atoms with Crippen LogP contribution in [0.2, 0.25) is 0 Å². The number of benzene rings is 1. The zero-order valence-corrected chi connectivity index (χ0v) is 11.6. The van der Waals surface area contributed by atoms with E-state index in [-0.39, 0.29) is 17.4 Å². The van der Waals surface area contributed by atoms with E-state index in [1.807, 2.05) is 0 Å². The Hall–Kier alpha value is -2.56. The van der Waals surface area contributed by atoms with Crippen LogP contribution in [-0.4, -0.2) is 21.1 Å². The van der Waals surface area contributed by atoms with E-state index in [2.05, 4.69) is 10.3 Å². The van der Waals surface area contributed by atoms with Gasteiger partial charge in [0.15, 0.2) is 0 Å². The lowest BCUT2D eigenvalue weighted by Crippen LogP contribution is -2.14. The molecule has 20 heavy (non-hydrogen) atoms. The Kier molecular flexibility index (Phi) is 3.61. The fourth-order valence-electron chi connectivity index (χ4n) is 1.88. The monoisotopic (exact) mass is 272 g/mol. The van der Waals surface area contributed by atoms with Gasteiger partial charge in [0.25, 0.3) is 5.91 Å². The van der Waals surface area contributed by atoms with E-state index in [0.29, 0.717) is 28.2 Å². The predicted molar refractivity (Wildman–Crippen MR) is 76.2 cm³/mol. The summed E-state index contributed by atoms with van der Waals surface area (Å²) >= 11 is 0. The summed E-state index contributed by atoms with van der Waals surface area (Å²) in [4.78, 5) is 16.3. The molecular weight excluding hydrogens is 256 g/mol. The Morgan fingerprint density at radius 1 is 1.15 bits per heavy atom. The predicted octanol–water partition coefficient (Wildman–Crippen LogP) is 2.67. The third-order valence-corrected chi connectivity index (χ3v) is 3.24. The molecule has 0 saturated heterocycles. The number of aryl methyl sites for hydroxylation is 1. The van der Waals surface area contributed by atoms with Crippen LogP contribution in [0.15, 0.2) is 24.3 Å². The second kappa shape index (κ2) is 5.21. The summed E-state index contributed by atoms with van der Waals surface area (Å²) in [6.45, 7) is 5.22. The van der Waals surface area contributed by atoms with Crippen molar-refractivity contribution in [1.82, 2.24) is 4.98 Å². The Bertz CT molecular complexity index is 681. The number of phenols is 1. The lowest BCUT2D eigenvalue weighted by Gasteiger charge is -2.13. The van der Waals surface area contributed by atoms with Gasteiger partial charge in [-0.25, -0.2) is 4.98 Å². The molecular formula is C15H16N2O3. The SMILES string of the molecule is Cc1nc(NC(=O)c2cccc(O)c2)c(C)c(C)c1O. The van der Waals surface area contributed by atoms with E-state index in [0.717, 1.165) is 0 Å². The van der Waals surface area contributed by atoms with Gasteiger partial charge >= 0.3 is 0 Å². The van der Waals surface area contributed by atoms with Gasteiger partial charge in [0, 0.05) is 5.56 Å². The van der Waals surface area contributed by atoms with Crippen LogP contribution >= 0.6 is 0 Å². The fraction of sp³-hybridized carbons (Fsp3) is 0.200. The number of anilines is 1. The molecule has 1 aromatic heterocycles. The Morgan fingerprint density at radius 3 is 2.50 bits per heavy atom. The molecule has 0 aliphatic heterocycles. The zero-order valence-electron chi connectivity index (χ0n) is 11.6. The number of phenolic OH excluding ortho intramolecular Hbond substituents is 1. The Labute approximate surface area is 116 Å². The molecule has 0 unspecified atom stereocenters. The van der Waals surface area contributed by atoms with Crippen molar-refractivity contribution < 1.29 is 15.0 Å². The molecule has 0 spiro atoms. The molecule has 0 aliphatic carbocycles. The van der Waals surface area contributed by atoms with Crippen molar-refractivity contribution in [2.24, 2.45) is 0 Å². The van der Waals surface area contributed by atoms with Crippen LogP contribution in [-0.2, 0) is 0 Å². The molecule has 104 valence electrons. The summed E-state index contributed by atoms with van der Waals surface area (Å²) in [6.07, 6.45) is 0. The van der Waals surface area contributed by atoms with Crippen molar-refractivity contribution in [3.05, 3.63) is 46.6 Å². The molecule has 0 saturated carbocycles. The number of hydrogen-bond acceptors (Lipinski definition) is 4. The van der Waals surface area contributed by atoms with Crippen LogP contribution in [0.5, 0.6) is 11.5 Å². The summed E-state index contributed by atoms with van der Waals surface area (Å²) < 4.78 is 0. The van der Waals surface area contributed by atoms with Crippen LogP contribution in [0.4, 0.5) is 5.82 Å². The lowest BCUT2D eigenvalue weighted by atomic mass is 10.1. The largest absolute Gasteiger partial charge is 0.508 e. The summed E-state index contributed by atoms with van der Waals surface area (Å²) in [6, 6.07) is 6.07. The van der Waals surface area contributed by atoms with Gasteiger partial charge in [-0.1, -0.05) is 6.07 Å². The quantitative estimate of drug-likeness (QED) is 0.785. The highest BCUT2D eigenvalue weighted by molar-refractivity contribution is 6.04. The van der Waals surface area contributed by atoms with Crippen molar-refractivity contribution in [2.75, 3.05) is 5.32 Å². The average molecular weight is 272 g/mol. The third-order valence-electron chi connectivity index (χ3n) is 3.24. The van der Waals surface area contributed by atoms with Crippen molar-refractivity contribution in [1.29, 1.82) is 0 Å². The minimum absolute atomic E-state index is 0.0281. The second-order valence-corrected chi connectivity index (χ2v) is 4.65. The molecule has 1 aromatic carbocycles. The van der Waals surface area contributed by atoms with Crippen molar-refractivity contribution in [3.8, 4) is 11.5 Å². The van der Waals surface area contributed by atoms with Crippen LogP contribution in [0, 0.1) is 20.8 Å². The van der Waals surface area contributed by atoms with Crippen LogP contribution in [0.25, 0.3) is 0 Å². The van der Waals surface area contributed by atoms with E-state index in [1.165, 1.54) is 12.1 Å². The van der Waals surface area contributed by atoms with E-state index in [4.69, 9.17) is 0 Å². The van der Waals surface area contributed by atoms with Gasteiger partial charge in [0.1, 0.15) is 17.3 Å². The molecule has 1 heterocycles. The van der Waals surface area contributed by atoms with Gasteiger partial charge in [-0.15, -0.1) is 0 Å². The van der Waals surface area contributed by atoms with Crippen molar-refractivity contribution >= 4 is 11.7 Å². The number of nitrogens with one attached hydrogen (secondary N) is 1. The molecule has 3 N–H and O–H groups in total. The first-order chi connectivity index (χ1) is 9.40. The number of nitrogens with zero attached hydrogens (tertiary/aromatic N) is 1. The molecule has 0 aliphatic rings. The highest BCUT2D eigenvalue weighted by atomic mass is 16.3. The Balaban J connectivity index is 2.33. The molecule has 0 radical (unpaired) electrons. The van der Waals surface area contributed by atoms with Gasteiger partial charge < -0.3 is 15.5 Å². The number of rotatable bonds is 2. The number of aromatic hydroxyl groups is 2. The molecule has 2 rings (SSSR count). The molecule has 0 fully saturated rings. The normalized spacial score (nSPS) is 10.3. The third kappa shape index (κ3) is 2.56. The van der Waals surface area contributed by atoms with Crippen LogP contribution in [0.1, 0.15) is 27.2 Å². The van der Waals surface area contributed by atoms with Gasteiger partial charge in [0.2, 0.25) is 0 Å². The maximum atomic E-state index is 12.1. The highest BCUT2D eigenvalue weighted by Crippen LogP contribution is 2.27. The van der Waals surface area contributed by atoms with Crippen molar-refractivity contribution in [2.45, 2.75) is 20.8 Å². The summed E-state index contributed by atoms with van der Waals surface area (Å²) in [7, 11) is 0. The summed E-state index contributed by atoms with van der Waals surface area (Å²) in [5.74, 6) is 0.213.